The molecule has 0 aliphatic rings. The summed E-state index contributed by atoms with van der Waals surface area (Å²) in [4.78, 5) is 16.6. The monoisotopic (exact) mass is 401 g/mol. The number of para-hydroxylation sites is 1. The summed E-state index contributed by atoms with van der Waals surface area (Å²) in [5.41, 5.74) is 2.40. The van der Waals surface area contributed by atoms with Crippen molar-refractivity contribution < 1.29 is 4.79 Å². The normalized spacial score (nSPS) is 10.2. The zero-order valence-corrected chi connectivity index (χ0v) is 17.2. The van der Waals surface area contributed by atoms with Crippen LogP contribution in [-0.2, 0) is 0 Å². The lowest BCUT2D eigenvalue weighted by atomic mass is 10.2. The van der Waals surface area contributed by atoms with Gasteiger partial charge in [0, 0.05) is 35.6 Å². The van der Waals surface area contributed by atoms with Crippen LogP contribution in [0.2, 0.25) is 0 Å². The molecule has 0 fully saturated rings. The summed E-state index contributed by atoms with van der Waals surface area (Å²) in [5.74, 6) is -0.0927. The Bertz CT molecular complexity index is 998. The number of hydrogen-bond donors (Lipinski definition) is 1. The van der Waals surface area contributed by atoms with Crippen LogP contribution in [0.5, 0.6) is 0 Å². The first-order valence-electron chi connectivity index (χ1n) is 9.49. The van der Waals surface area contributed by atoms with Gasteiger partial charge in [-0.15, -0.1) is 0 Å². The molecule has 0 atom stereocenters. The van der Waals surface area contributed by atoms with E-state index in [1.165, 1.54) is 11.8 Å². The summed E-state index contributed by atoms with van der Waals surface area (Å²) in [6.45, 7) is 1.46. The van der Waals surface area contributed by atoms with Crippen LogP contribution in [-0.4, -0.2) is 26.0 Å². The number of carbonyl (C=O) groups excluding carboxylic acids is 1. The average Bonchev–Trinajstić information content (AvgIpc) is 2.77. The third-order valence-corrected chi connectivity index (χ3v) is 5.66. The molecule has 0 bridgehead atoms. The number of nitriles is 1. The molecular weight excluding hydrogens is 378 g/mol. The first-order valence-corrected chi connectivity index (χ1v) is 10.3. The summed E-state index contributed by atoms with van der Waals surface area (Å²) < 4.78 is 0. The molecule has 3 aromatic rings. The molecule has 0 aromatic heterocycles. The third-order valence-electron chi connectivity index (χ3n) is 4.51. The highest BCUT2D eigenvalue weighted by molar-refractivity contribution is 7.99. The van der Waals surface area contributed by atoms with Crippen LogP contribution < -0.4 is 10.2 Å². The van der Waals surface area contributed by atoms with Crippen molar-refractivity contribution in [3.05, 3.63) is 90.0 Å². The Balaban J connectivity index is 1.58. The molecule has 0 unspecified atom stereocenters. The van der Waals surface area contributed by atoms with Crippen LogP contribution in [0.15, 0.2) is 88.7 Å². The predicted octanol–water partition coefficient (Wildman–Crippen LogP) is 4.97. The zero-order valence-electron chi connectivity index (χ0n) is 16.3. The van der Waals surface area contributed by atoms with Gasteiger partial charge in [0.15, 0.2) is 0 Å². The van der Waals surface area contributed by atoms with E-state index in [0.717, 1.165) is 28.4 Å². The zero-order chi connectivity index (χ0) is 20.5. The number of nitrogens with one attached hydrogen (secondary N) is 1. The molecule has 1 amide bonds. The largest absolute Gasteiger partial charge is 0.375 e. The first-order chi connectivity index (χ1) is 14.2. The van der Waals surface area contributed by atoms with E-state index >= 15 is 0 Å². The highest BCUT2D eigenvalue weighted by Crippen LogP contribution is 2.32. The van der Waals surface area contributed by atoms with Gasteiger partial charge in [-0.3, -0.25) is 4.79 Å². The predicted molar refractivity (Wildman–Crippen MR) is 118 cm³/mol. The van der Waals surface area contributed by atoms with E-state index in [9.17, 15) is 10.1 Å². The first kappa shape index (κ1) is 20.5. The Kier molecular flexibility index (Phi) is 7.32. The van der Waals surface area contributed by atoms with E-state index in [1.807, 2.05) is 60.7 Å². The fourth-order valence-corrected chi connectivity index (χ4v) is 3.96. The molecule has 29 heavy (non-hydrogen) atoms. The van der Waals surface area contributed by atoms with Gasteiger partial charge in [0.2, 0.25) is 0 Å². The van der Waals surface area contributed by atoms with E-state index in [4.69, 9.17) is 0 Å². The molecule has 0 aliphatic carbocycles. The Labute approximate surface area is 176 Å². The van der Waals surface area contributed by atoms with Crippen LogP contribution >= 0.6 is 11.8 Å². The van der Waals surface area contributed by atoms with Crippen LogP contribution in [0, 0.1) is 11.3 Å². The van der Waals surface area contributed by atoms with E-state index in [0.29, 0.717) is 17.7 Å². The van der Waals surface area contributed by atoms with Crippen LogP contribution in [0.1, 0.15) is 22.3 Å². The molecule has 0 spiro atoms. The van der Waals surface area contributed by atoms with Crippen molar-refractivity contribution in [3.8, 4) is 6.07 Å². The van der Waals surface area contributed by atoms with Gasteiger partial charge < -0.3 is 10.2 Å². The maximum absolute atomic E-state index is 12.7. The minimum atomic E-state index is -0.0927. The lowest BCUT2D eigenvalue weighted by molar-refractivity contribution is 0.0950. The highest BCUT2D eigenvalue weighted by atomic mass is 32.2. The van der Waals surface area contributed by atoms with E-state index in [-0.39, 0.29) is 5.91 Å². The van der Waals surface area contributed by atoms with Gasteiger partial charge in [-0.1, -0.05) is 54.2 Å². The molecule has 1 N–H and O–H groups in total. The molecule has 3 rings (SSSR count). The molecule has 146 valence electrons. The summed E-state index contributed by atoms with van der Waals surface area (Å²) in [5, 5.41) is 12.3. The lowest BCUT2D eigenvalue weighted by Gasteiger charge is -2.19. The van der Waals surface area contributed by atoms with E-state index < -0.39 is 0 Å². The molecule has 3 aromatic carbocycles. The second kappa shape index (κ2) is 10.4. The number of nitrogens with zero attached hydrogens (tertiary/aromatic N) is 2. The van der Waals surface area contributed by atoms with Gasteiger partial charge in [0.05, 0.1) is 11.1 Å². The van der Waals surface area contributed by atoms with Crippen molar-refractivity contribution >= 4 is 23.4 Å². The molecule has 4 nitrogen and oxygen atoms in total. The van der Waals surface area contributed by atoms with Gasteiger partial charge >= 0.3 is 0 Å². The van der Waals surface area contributed by atoms with Gasteiger partial charge in [-0.05, 0) is 42.8 Å². The van der Waals surface area contributed by atoms with Gasteiger partial charge in [0.25, 0.3) is 5.91 Å². The molecule has 0 heterocycles. The number of carbonyl (C=O) groups is 1. The fraction of sp³-hybridized carbons (Fsp3) is 0.167. The maximum atomic E-state index is 12.7. The van der Waals surface area contributed by atoms with Crippen molar-refractivity contribution in [2.45, 2.75) is 16.2 Å². The summed E-state index contributed by atoms with van der Waals surface area (Å²) in [7, 11) is 2.05. The van der Waals surface area contributed by atoms with Crippen molar-refractivity contribution in [3.63, 3.8) is 0 Å². The number of benzene rings is 3. The smallest absolute Gasteiger partial charge is 0.252 e. The number of amides is 1. The average molecular weight is 402 g/mol. The lowest BCUT2D eigenvalue weighted by Crippen LogP contribution is -2.28. The van der Waals surface area contributed by atoms with Crippen molar-refractivity contribution in [2.24, 2.45) is 0 Å². The molecule has 0 saturated heterocycles. The van der Waals surface area contributed by atoms with Gasteiger partial charge in [-0.25, -0.2) is 0 Å². The van der Waals surface area contributed by atoms with Crippen molar-refractivity contribution in [1.29, 1.82) is 5.26 Å². The summed E-state index contributed by atoms with van der Waals surface area (Å²) >= 11 is 1.44. The minimum Gasteiger partial charge on any atom is -0.375 e. The van der Waals surface area contributed by atoms with E-state index in [2.05, 4.69) is 35.5 Å². The van der Waals surface area contributed by atoms with Crippen molar-refractivity contribution in [1.82, 2.24) is 5.32 Å². The Morgan fingerprint density at radius 3 is 2.38 bits per heavy atom. The molecule has 0 saturated carbocycles. The quantitative estimate of drug-likeness (QED) is 0.542. The fourth-order valence-electron chi connectivity index (χ4n) is 2.93. The minimum absolute atomic E-state index is 0.0927. The molecule has 5 heteroatoms. The number of rotatable bonds is 8. The maximum Gasteiger partial charge on any atom is 0.252 e. The van der Waals surface area contributed by atoms with E-state index in [1.54, 1.807) is 6.07 Å². The van der Waals surface area contributed by atoms with Gasteiger partial charge in [-0.2, -0.15) is 5.26 Å². The SMILES string of the molecule is CN(CCCNC(=O)c1ccccc1Sc1ccccc1C#N)c1ccccc1. The highest BCUT2D eigenvalue weighted by Gasteiger charge is 2.13. The summed E-state index contributed by atoms with van der Waals surface area (Å²) in [6, 6.07) is 27.3. The Hall–Kier alpha value is -3.23. The van der Waals surface area contributed by atoms with Crippen LogP contribution in [0.25, 0.3) is 0 Å². The Morgan fingerprint density at radius 2 is 1.62 bits per heavy atom. The molecule has 0 radical (unpaired) electrons. The Morgan fingerprint density at radius 1 is 0.966 bits per heavy atom. The second-order valence-electron chi connectivity index (χ2n) is 6.57. The third kappa shape index (κ3) is 5.63. The van der Waals surface area contributed by atoms with Crippen LogP contribution in [0.4, 0.5) is 5.69 Å². The standard InChI is InChI=1S/C24H23N3OS/c1-27(20-11-3-2-4-12-20)17-9-16-26-24(28)21-13-6-8-15-23(21)29-22-14-7-5-10-19(22)18-25/h2-8,10-15H,9,16-17H2,1H3,(H,26,28). The molecular formula is C24H23N3OS. The molecule has 0 aliphatic heterocycles. The van der Waals surface area contributed by atoms with Crippen LogP contribution in [0.3, 0.4) is 0 Å². The topological polar surface area (TPSA) is 56.1 Å². The second-order valence-corrected chi connectivity index (χ2v) is 7.66. The van der Waals surface area contributed by atoms with Crippen molar-refractivity contribution in [2.75, 3.05) is 25.0 Å². The van der Waals surface area contributed by atoms with Gasteiger partial charge in [0.1, 0.15) is 6.07 Å². The number of hydrogen-bond acceptors (Lipinski definition) is 4. The number of anilines is 1. The summed E-state index contributed by atoms with van der Waals surface area (Å²) in [6.07, 6.45) is 0.851.